The Hall–Kier alpha value is -1.21. The number of halogens is 1. The number of alkyl halides is 1. The van der Waals surface area contributed by atoms with Crippen molar-refractivity contribution in [3.8, 4) is 0 Å². The second-order valence-electron chi connectivity index (χ2n) is 5.18. The maximum Gasteiger partial charge on any atom is 0.104 e. The minimum atomic E-state index is 0.0499. The molecule has 0 saturated heterocycles. The first kappa shape index (κ1) is 11.9. The Morgan fingerprint density at radius 3 is 2.83 bits per heavy atom. The second-order valence-corrected chi connectivity index (χ2v) is 5.45. The highest BCUT2D eigenvalue weighted by Crippen LogP contribution is 2.40. The third kappa shape index (κ3) is 1.97. The molecule has 3 rings (SSSR count). The molecule has 94 valence electrons. The third-order valence-corrected chi connectivity index (χ3v) is 4.55. The van der Waals surface area contributed by atoms with Crippen molar-refractivity contribution in [1.82, 2.24) is 0 Å². The van der Waals surface area contributed by atoms with E-state index in [-0.39, 0.29) is 5.41 Å². The van der Waals surface area contributed by atoms with Gasteiger partial charge in [0.25, 0.3) is 0 Å². The Morgan fingerprint density at radius 2 is 2.06 bits per heavy atom. The van der Waals surface area contributed by atoms with E-state index in [4.69, 9.17) is 16.0 Å². The van der Waals surface area contributed by atoms with Gasteiger partial charge in [-0.15, -0.1) is 11.6 Å². The number of hydrogen-bond donors (Lipinski definition) is 0. The first-order chi connectivity index (χ1) is 8.84. The molecular weight excluding hydrogens is 244 g/mol. The fourth-order valence-corrected chi connectivity index (χ4v) is 3.50. The minimum Gasteiger partial charge on any atom is -0.469 e. The van der Waals surface area contributed by atoms with Gasteiger partial charge in [0.1, 0.15) is 5.76 Å². The van der Waals surface area contributed by atoms with Crippen LogP contribution >= 0.6 is 11.6 Å². The Bertz CT molecular complexity index is 518. The van der Waals surface area contributed by atoms with Crippen molar-refractivity contribution in [3.05, 3.63) is 59.5 Å². The largest absolute Gasteiger partial charge is 0.469 e. The average molecular weight is 261 g/mol. The molecule has 0 spiro atoms. The van der Waals surface area contributed by atoms with E-state index in [0.717, 1.165) is 18.6 Å². The number of aryl methyl sites for hydroxylation is 1. The summed E-state index contributed by atoms with van der Waals surface area (Å²) in [4.78, 5) is 0. The summed E-state index contributed by atoms with van der Waals surface area (Å²) in [6.07, 6.45) is 6.18. The molecule has 1 aromatic carbocycles. The van der Waals surface area contributed by atoms with Crippen LogP contribution in [-0.4, -0.2) is 5.88 Å². The predicted molar refractivity (Wildman–Crippen MR) is 74.2 cm³/mol. The molecule has 1 aromatic heterocycles. The first-order valence-electron chi connectivity index (χ1n) is 6.51. The van der Waals surface area contributed by atoms with E-state index in [2.05, 4.69) is 24.3 Å². The van der Waals surface area contributed by atoms with Crippen LogP contribution in [-0.2, 0) is 18.3 Å². The molecule has 2 aromatic rings. The Balaban J connectivity index is 2.02. The summed E-state index contributed by atoms with van der Waals surface area (Å²) < 4.78 is 5.52. The van der Waals surface area contributed by atoms with Gasteiger partial charge in [-0.25, -0.2) is 0 Å². The number of hydrogen-bond acceptors (Lipinski definition) is 1. The van der Waals surface area contributed by atoms with Gasteiger partial charge in [0, 0.05) is 17.7 Å². The molecule has 0 radical (unpaired) electrons. The van der Waals surface area contributed by atoms with Crippen molar-refractivity contribution >= 4 is 11.6 Å². The molecule has 0 amide bonds. The van der Waals surface area contributed by atoms with Crippen LogP contribution in [0.15, 0.2) is 47.1 Å². The van der Waals surface area contributed by atoms with Crippen molar-refractivity contribution in [2.75, 3.05) is 5.88 Å². The van der Waals surface area contributed by atoms with Crippen LogP contribution in [0.25, 0.3) is 0 Å². The number of benzene rings is 1. The molecule has 1 heterocycles. The van der Waals surface area contributed by atoms with Gasteiger partial charge in [-0.3, -0.25) is 0 Å². The summed E-state index contributed by atoms with van der Waals surface area (Å²) in [5, 5.41) is 0. The van der Waals surface area contributed by atoms with Crippen LogP contribution in [0.3, 0.4) is 0 Å². The molecule has 1 aliphatic carbocycles. The van der Waals surface area contributed by atoms with Gasteiger partial charge in [-0.1, -0.05) is 24.3 Å². The zero-order valence-electron chi connectivity index (χ0n) is 10.4. The molecule has 0 fully saturated rings. The van der Waals surface area contributed by atoms with E-state index < -0.39 is 0 Å². The standard InChI is InChI=1S/C16H17ClO/c17-12-16(11-14-7-4-10-18-14)9-3-6-13-5-1-2-8-15(13)16/h1-2,4-5,7-8,10H,3,6,9,11-12H2. The maximum atomic E-state index is 6.34. The van der Waals surface area contributed by atoms with Gasteiger partial charge >= 0.3 is 0 Å². The molecule has 1 atom stereocenters. The summed E-state index contributed by atoms with van der Waals surface area (Å²) in [7, 11) is 0. The van der Waals surface area contributed by atoms with Crippen LogP contribution < -0.4 is 0 Å². The number of fused-ring (bicyclic) bond motifs is 1. The molecule has 1 aliphatic rings. The quantitative estimate of drug-likeness (QED) is 0.749. The van der Waals surface area contributed by atoms with Gasteiger partial charge in [-0.05, 0) is 42.5 Å². The molecule has 0 N–H and O–H groups in total. The monoisotopic (exact) mass is 260 g/mol. The fraction of sp³-hybridized carbons (Fsp3) is 0.375. The van der Waals surface area contributed by atoms with E-state index in [0.29, 0.717) is 5.88 Å². The van der Waals surface area contributed by atoms with Crippen LogP contribution in [0.2, 0.25) is 0 Å². The number of furan rings is 1. The summed E-state index contributed by atoms with van der Waals surface area (Å²) >= 11 is 6.34. The lowest BCUT2D eigenvalue weighted by Gasteiger charge is -2.37. The van der Waals surface area contributed by atoms with E-state index in [1.165, 1.54) is 24.0 Å². The first-order valence-corrected chi connectivity index (χ1v) is 7.04. The minimum absolute atomic E-state index is 0.0499. The van der Waals surface area contributed by atoms with Gasteiger partial charge in [0.2, 0.25) is 0 Å². The third-order valence-electron chi connectivity index (χ3n) is 4.04. The van der Waals surface area contributed by atoms with Crippen LogP contribution in [0, 0.1) is 0 Å². The van der Waals surface area contributed by atoms with E-state index in [1.54, 1.807) is 6.26 Å². The van der Waals surface area contributed by atoms with Crippen molar-refractivity contribution in [1.29, 1.82) is 0 Å². The molecule has 0 bridgehead atoms. The summed E-state index contributed by atoms with van der Waals surface area (Å²) in [5.41, 5.74) is 2.92. The molecule has 0 saturated carbocycles. The summed E-state index contributed by atoms with van der Waals surface area (Å²) in [6.45, 7) is 0. The maximum absolute atomic E-state index is 6.34. The van der Waals surface area contributed by atoms with Gasteiger partial charge in [-0.2, -0.15) is 0 Å². The van der Waals surface area contributed by atoms with Gasteiger partial charge < -0.3 is 4.42 Å². The molecule has 2 heteroatoms. The number of rotatable bonds is 3. The highest BCUT2D eigenvalue weighted by Gasteiger charge is 2.36. The zero-order valence-corrected chi connectivity index (χ0v) is 11.1. The predicted octanol–water partition coefficient (Wildman–Crippen LogP) is 4.34. The van der Waals surface area contributed by atoms with Crippen molar-refractivity contribution < 1.29 is 4.42 Å². The molecule has 0 aliphatic heterocycles. The fourth-order valence-electron chi connectivity index (χ4n) is 3.12. The van der Waals surface area contributed by atoms with Gasteiger partial charge in [0.05, 0.1) is 6.26 Å². The zero-order chi connectivity index (χ0) is 12.4. The van der Waals surface area contributed by atoms with Crippen LogP contribution in [0.4, 0.5) is 0 Å². The lowest BCUT2D eigenvalue weighted by atomic mass is 9.69. The van der Waals surface area contributed by atoms with Gasteiger partial charge in [0.15, 0.2) is 0 Å². The van der Waals surface area contributed by atoms with Crippen LogP contribution in [0.5, 0.6) is 0 Å². The lowest BCUT2D eigenvalue weighted by molar-refractivity contribution is 0.360. The van der Waals surface area contributed by atoms with E-state index >= 15 is 0 Å². The van der Waals surface area contributed by atoms with Crippen molar-refractivity contribution in [2.24, 2.45) is 0 Å². The van der Waals surface area contributed by atoms with E-state index in [1.807, 2.05) is 12.1 Å². The lowest BCUT2D eigenvalue weighted by Crippen LogP contribution is -2.35. The van der Waals surface area contributed by atoms with E-state index in [9.17, 15) is 0 Å². The average Bonchev–Trinajstić information content (AvgIpc) is 2.92. The van der Waals surface area contributed by atoms with Crippen molar-refractivity contribution in [3.63, 3.8) is 0 Å². The second kappa shape index (κ2) is 4.81. The molecule has 18 heavy (non-hydrogen) atoms. The topological polar surface area (TPSA) is 13.1 Å². The summed E-state index contributed by atoms with van der Waals surface area (Å²) in [6, 6.07) is 12.7. The molecule has 1 unspecified atom stereocenters. The summed E-state index contributed by atoms with van der Waals surface area (Å²) in [5.74, 6) is 1.69. The Labute approximate surface area is 113 Å². The normalized spacial score (nSPS) is 22.7. The molecule has 1 nitrogen and oxygen atoms in total. The Morgan fingerprint density at radius 1 is 1.17 bits per heavy atom. The van der Waals surface area contributed by atoms with Crippen LogP contribution in [0.1, 0.15) is 29.7 Å². The SMILES string of the molecule is ClCC1(Cc2ccco2)CCCc2ccccc21. The highest BCUT2D eigenvalue weighted by molar-refractivity contribution is 6.18. The Kier molecular flexibility index (Phi) is 3.17. The highest BCUT2D eigenvalue weighted by atomic mass is 35.5. The molecular formula is C16H17ClO. The smallest absolute Gasteiger partial charge is 0.104 e. The van der Waals surface area contributed by atoms with Crippen molar-refractivity contribution in [2.45, 2.75) is 31.1 Å².